The van der Waals surface area contributed by atoms with Gasteiger partial charge in [-0.25, -0.2) is 0 Å². The Balaban J connectivity index is 2.27. The van der Waals surface area contributed by atoms with Crippen molar-refractivity contribution in [1.29, 1.82) is 0 Å². The number of carbonyl (C=O) groups is 1. The summed E-state index contributed by atoms with van der Waals surface area (Å²) < 4.78 is 10.9. The summed E-state index contributed by atoms with van der Waals surface area (Å²) >= 11 is 0. The van der Waals surface area contributed by atoms with Gasteiger partial charge in [-0.2, -0.15) is 0 Å². The lowest BCUT2D eigenvalue weighted by Gasteiger charge is -2.27. The maximum atomic E-state index is 12.8. The number of rotatable bonds is 7. The molecule has 0 aliphatic carbocycles. The SMILES string of the molecule is CCOC(OC)C(C(=O)Nc1cccc2cccnc12)C(C)C. The Kier molecular flexibility index (Phi) is 6.07. The van der Waals surface area contributed by atoms with Crippen LogP contribution in [0.1, 0.15) is 20.8 Å². The summed E-state index contributed by atoms with van der Waals surface area (Å²) in [6.07, 6.45) is 1.15. The number of nitrogens with one attached hydrogen (secondary N) is 1. The molecule has 2 atom stereocenters. The minimum Gasteiger partial charge on any atom is -0.355 e. The van der Waals surface area contributed by atoms with Crippen molar-refractivity contribution < 1.29 is 14.3 Å². The van der Waals surface area contributed by atoms with Crippen LogP contribution in [-0.4, -0.2) is 30.9 Å². The van der Waals surface area contributed by atoms with E-state index in [1.807, 2.05) is 51.1 Å². The fourth-order valence-electron chi connectivity index (χ4n) is 2.64. The summed E-state index contributed by atoms with van der Waals surface area (Å²) in [6.45, 7) is 6.34. The largest absolute Gasteiger partial charge is 0.355 e. The van der Waals surface area contributed by atoms with Crippen molar-refractivity contribution in [1.82, 2.24) is 4.98 Å². The van der Waals surface area contributed by atoms with Crippen LogP contribution in [0.15, 0.2) is 36.5 Å². The highest BCUT2D eigenvalue weighted by molar-refractivity contribution is 6.01. The van der Waals surface area contributed by atoms with Gasteiger partial charge in [-0.05, 0) is 25.0 Å². The van der Waals surface area contributed by atoms with Gasteiger partial charge in [0.1, 0.15) is 0 Å². The van der Waals surface area contributed by atoms with Crippen LogP contribution in [0.2, 0.25) is 0 Å². The van der Waals surface area contributed by atoms with Crippen LogP contribution in [0.3, 0.4) is 0 Å². The summed E-state index contributed by atoms with van der Waals surface area (Å²) in [7, 11) is 1.56. The summed E-state index contributed by atoms with van der Waals surface area (Å²) in [5, 5.41) is 3.96. The molecule has 124 valence electrons. The first kappa shape index (κ1) is 17.4. The molecular formula is C18H24N2O3. The number of anilines is 1. The van der Waals surface area contributed by atoms with Crippen LogP contribution in [0, 0.1) is 11.8 Å². The van der Waals surface area contributed by atoms with E-state index in [1.165, 1.54) is 0 Å². The second-order valence-corrected chi connectivity index (χ2v) is 5.70. The molecule has 2 aromatic rings. The van der Waals surface area contributed by atoms with E-state index in [4.69, 9.17) is 9.47 Å². The average Bonchev–Trinajstić information content (AvgIpc) is 2.54. The molecule has 0 aliphatic rings. The van der Waals surface area contributed by atoms with Gasteiger partial charge in [0.25, 0.3) is 0 Å². The Morgan fingerprint density at radius 3 is 2.65 bits per heavy atom. The van der Waals surface area contributed by atoms with Crippen LogP contribution in [-0.2, 0) is 14.3 Å². The zero-order valence-corrected chi connectivity index (χ0v) is 14.1. The number of para-hydroxylation sites is 1. The van der Waals surface area contributed by atoms with Gasteiger partial charge in [0.15, 0.2) is 6.29 Å². The lowest BCUT2D eigenvalue weighted by atomic mass is 9.94. The van der Waals surface area contributed by atoms with E-state index in [0.717, 1.165) is 10.9 Å². The first-order valence-corrected chi connectivity index (χ1v) is 7.87. The number of hydrogen-bond acceptors (Lipinski definition) is 4. The highest BCUT2D eigenvalue weighted by atomic mass is 16.7. The number of methoxy groups -OCH3 is 1. The Hall–Kier alpha value is -1.98. The zero-order valence-electron chi connectivity index (χ0n) is 14.1. The van der Waals surface area contributed by atoms with E-state index in [2.05, 4.69) is 10.3 Å². The number of fused-ring (bicyclic) bond motifs is 1. The lowest BCUT2D eigenvalue weighted by Crippen LogP contribution is -2.39. The average molecular weight is 316 g/mol. The number of aromatic nitrogens is 1. The van der Waals surface area contributed by atoms with Gasteiger partial charge in [-0.1, -0.05) is 32.0 Å². The third-order valence-corrected chi connectivity index (χ3v) is 3.77. The summed E-state index contributed by atoms with van der Waals surface area (Å²) in [4.78, 5) is 17.1. The lowest BCUT2D eigenvalue weighted by molar-refractivity contribution is -0.169. The molecule has 0 aliphatic heterocycles. The van der Waals surface area contributed by atoms with E-state index in [-0.39, 0.29) is 11.8 Å². The maximum Gasteiger partial charge on any atom is 0.232 e. The molecule has 2 unspecified atom stereocenters. The molecule has 1 N–H and O–H groups in total. The molecule has 2 rings (SSSR count). The van der Waals surface area contributed by atoms with Gasteiger partial charge < -0.3 is 14.8 Å². The number of ether oxygens (including phenoxy) is 2. The van der Waals surface area contributed by atoms with Gasteiger partial charge in [0.2, 0.25) is 5.91 Å². The second-order valence-electron chi connectivity index (χ2n) is 5.70. The topological polar surface area (TPSA) is 60.5 Å². The van der Waals surface area contributed by atoms with E-state index in [1.54, 1.807) is 13.3 Å². The molecule has 0 saturated carbocycles. The molecular weight excluding hydrogens is 292 g/mol. The van der Waals surface area contributed by atoms with Crippen molar-refractivity contribution in [2.45, 2.75) is 27.1 Å². The van der Waals surface area contributed by atoms with Gasteiger partial charge >= 0.3 is 0 Å². The van der Waals surface area contributed by atoms with Crippen LogP contribution in [0.25, 0.3) is 10.9 Å². The van der Waals surface area contributed by atoms with Crippen molar-refractivity contribution in [3.8, 4) is 0 Å². The van der Waals surface area contributed by atoms with E-state index >= 15 is 0 Å². The number of benzene rings is 1. The molecule has 1 heterocycles. The number of hydrogen-bond donors (Lipinski definition) is 1. The predicted octanol–water partition coefficient (Wildman–Crippen LogP) is 3.45. The Morgan fingerprint density at radius 2 is 2.00 bits per heavy atom. The molecule has 1 aromatic heterocycles. The van der Waals surface area contributed by atoms with Crippen molar-refractivity contribution >= 4 is 22.5 Å². The van der Waals surface area contributed by atoms with E-state index in [0.29, 0.717) is 12.3 Å². The van der Waals surface area contributed by atoms with Gasteiger partial charge in [0, 0.05) is 25.3 Å². The van der Waals surface area contributed by atoms with Crippen molar-refractivity contribution in [2.24, 2.45) is 11.8 Å². The van der Waals surface area contributed by atoms with Crippen LogP contribution >= 0.6 is 0 Å². The number of amides is 1. The first-order valence-electron chi connectivity index (χ1n) is 7.87. The van der Waals surface area contributed by atoms with Crippen molar-refractivity contribution in [3.05, 3.63) is 36.5 Å². The third-order valence-electron chi connectivity index (χ3n) is 3.77. The molecule has 0 fully saturated rings. The summed E-state index contributed by atoms with van der Waals surface area (Å²) in [5.74, 6) is -0.452. The monoisotopic (exact) mass is 316 g/mol. The van der Waals surface area contributed by atoms with Crippen LogP contribution in [0.5, 0.6) is 0 Å². The molecule has 5 heteroatoms. The molecule has 1 aromatic carbocycles. The Bertz CT molecular complexity index is 652. The van der Waals surface area contributed by atoms with Crippen LogP contribution in [0.4, 0.5) is 5.69 Å². The van der Waals surface area contributed by atoms with Crippen LogP contribution < -0.4 is 5.32 Å². The Morgan fingerprint density at radius 1 is 1.26 bits per heavy atom. The van der Waals surface area contributed by atoms with Gasteiger partial charge in [-0.15, -0.1) is 0 Å². The fourth-order valence-corrected chi connectivity index (χ4v) is 2.64. The molecule has 0 bridgehead atoms. The van der Waals surface area contributed by atoms with Gasteiger partial charge in [0.05, 0.1) is 17.1 Å². The van der Waals surface area contributed by atoms with E-state index in [9.17, 15) is 4.79 Å². The molecule has 1 amide bonds. The quantitative estimate of drug-likeness (QED) is 0.795. The minimum atomic E-state index is -0.567. The van der Waals surface area contributed by atoms with E-state index < -0.39 is 12.2 Å². The fraction of sp³-hybridized carbons (Fsp3) is 0.444. The molecule has 0 saturated heterocycles. The Labute approximate surface area is 137 Å². The molecule has 5 nitrogen and oxygen atoms in total. The minimum absolute atomic E-state index is 0.0782. The number of nitrogens with zero attached hydrogens (tertiary/aromatic N) is 1. The molecule has 0 radical (unpaired) electrons. The number of pyridine rings is 1. The molecule has 23 heavy (non-hydrogen) atoms. The van der Waals surface area contributed by atoms with Gasteiger partial charge in [-0.3, -0.25) is 9.78 Å². The first-order chi connectivity index (χ1) is 11.1. The smallest absolute Gasteiger partial charge is 0.232 e. The van der Waals surface area contributed by atoms with Crippen molar-refractivity contribution in [2.75, 3.05) is 19.0 Å². The molecule has 0 spiro atoms. The highest BCUT2D eigenvalue weighted by Crippen LogP contribution is 2.25. The normalized spacial score (nSPS) is 14.0. The predicted molar refractivity (Wildman–Crippen MR) is 91.1 cm³/mol. The summed E-state index contributed by atoms with van der Waals surface area (Å²) in [6, 6.07) is 9.57. The second kappa shape index (κ2) is 8.04. The third kappa shape index (κ3) is 4.06. The van der Waals surface area contributed by atoms with Crippen molar-refractivity contribution in [3.63, 3.8) is 0 Å². The summed E-state index contributed by atoms with van der Waals surface area (Å²) in [5.41, 5.74) is 1.47. The zero-order chi connectivity index (χ0) is 16.8. The highest BCUT2D eigenvalue weighted by Gasteiger charge is 2.32. The standard InChI is InChI=1S/C18H24N2O3/c1-5-23-18(22-4)15(12(2)3)17(21)20-14-10-6-8-13-9-7-11-19-16(13)14/h6-12,15,18H,5H2,1-4H3,(H,20,21). The maximum absolute atomic E-state index is 12.8. The number of carbonyl (C=O) groups excluding carboxylic acids is 1.